The summed E-state index contributed by atoms with van der Waals surface area (Å²) in [6.07, 6.45) is 1.08. The maximum absolute atomic E-state index is 12.9. The number of ether oxygens (including phenoxy) is 1. The standard InChI is InChI=1S/C20H26N2O4S2/c1-6-27-19-10-8-7-9-16(19)21-20(23)15(3)22(28(5,24)25)17-13-14(2)11-12-18(17)26-4/h7-13,15H,6H2,1-5H3,(H,21,23)/t15-/m0/s1. The molecule has 0 aliphatic heterocycles. The second-order valence-corrected chi connectivity index (χ2v) is 9.49. The van der Waals surface area contributed by atoms with E-state index in [-0.39, 0.29) is 0 Å². The molecule has 0 aliphatic carbocycles. The molecule has 2 rings (SSSR count). The highest BCUT2D eigenvalue weighted by atomic mass is 32.2. The van der Waals surface area contributed by atoms with Crippen LogP contribution in [0.25, 0.3) is 0 Å². The van der Waals surface area contributed by atoms with Crippen LogP contribution in [0.2, 0.25) is 0 Å². The molecule has 6 nitrogen and oxygen atoms in total. The molecule has 1 amide bonds. The van der Waals surface area contributed by atoms with Crippen molar-refractivity contribution in [1.29, 1.82) is 0 Å². The zero-order chi connectivity index (χ0) is 20.9. The summed E-state index contributed by atoms with van der Waals surface area (Å²) in [5, 5.41) is 2.86. The van der Waals surface area contributed by atoms with E-state index in [4.69, 9.17) is 4.74 Å². The van der Waals surface area contributed by atoms with Crippen LogP contribution in [0.15, 0.2) is 47.4 Å². The number of rotatable bonds is 8. The van der Waals surface area contributed by atoms with Crippen molar-refractivity contribution in [3.8, 4) is 5.75 Å². The van der Waals surface area contributed by atoms with Gasteiger partial charge in [0.05, 0.1) is 24.7 Å². The number of nitrogens with one attached hydrogen (secondary N) is 1. The Balaban J connectivity index is 2.41. The van der Waals surface area contributed by atoms with Gasteiger partial charge < -0.3 is 10.1 Å². The highest BCUT2D eigenvalue weighted by molar-refractivity contribution is 7.99. The van der Waals surface area contributed by atoms with Gasteiger partial charge >= 0.3 is 0 Å². The fourth-order valence-electron chi connectivity index (χ4n) is 2.84. The number of thioether (sulfide) groups is 1. The molecule has 8 heteroatoms. The minimum atomic E-state index is -3.74. The summed E-state index contributed by atoms with van der Waals surface area (Å²) in [4.78, 5) is 13.9. The first kappa shape index (κ1) is 22.1. The summed E-state index contributed by atoms with van der Waals surface area (Å²) in [5.41, 5.74) is 1.86. The number of anilines is 2. The van der Waals surface area contributed by atoms with Crippen molar-refractivity contribution in [2.45, 2.75) is 31.7 Å². The fraction of sp³-hybridized carbons (Fsp3) is 0.350. The van der Waals surface area contributed by atoms with E-state index in [0.717, 1.165) is 26.8 Å². The molecule has 0 aliphatic rings. The van der Waals surface area contributed by atoms with Crippen LogP contribution in [-0.2, 0) is 14.8 Å². The molecular formula is C20H26N2O4S2. The van der Waals surface area contributed by atoms with Gasteiger partial charge in [0.2, 0.25) is 15.9 Å². The van der Waals surface area contributed by atoms with Crippen molar-refractivity contribution in [1.82, 2.24) is 0 Å². The molecule has 0 aromatic heterocycles. The first-order valence-electron chi connectivity index (χ1n) is 8.85. The van der Waals surface area contributed by atoms with Crippen molar-refractivity contribution in [2.75, 3.05) is 28.7 Å². The molecule has 0 saturated heterocycles. The summed E-state index contributed by atoms with van der Waals surface area (Å²) in [7, 11) is -2.27. The molecule has 0 bridgehead atoms. The van der Waals surface area contributed by atoms with Crippen molar-refractivity contribution < 1.29 is 17.9 Å². The SMILES string of the molecule is CCSc1ccccc1NC(=O)[C@H](C)N(c1cc(C)ccc1OC)S(C)(=O)=O. The van der Waals surface area contributed by atoms with E-state index >= 15 is 0 Å². The smallest absolute Gasteiger partial charge is 0.248 e. The van der Waals surface area contributed by atoms with Crippen LogP contribution >= 0.6 is 11.8 Å². The van der Waals surface area contributed by atoms with Crippen molar-refractivity contribution in [3.05, 3.63) is 48.0 Å². The van der Waals surface area contributed by atoms with Crippen LogP contribution < -0.4 is 14.4 Å². The molecule has 0 unspecified atom stereocenters. The third kappa shape index (κ3) is 5.20. The monoisotopic (exact) mass is 422 g/mol. The number of nitrogens with zero attached hydrogens (tertiary/aromatic N) is 1. The number of para-hydroxylation sites is 1. The van der Waals surface area contributed by atoms with Gasteiger partial charge in [-0.1, -0.05) is 25.1 Å². The Morgan fingerprint density at radius 3 is 2.54 bits per heavy atom. The second-order valence-electron chi connectivity index (χ2n) is 6.33. The number of benzene rings is 2. The predicted octanol–water partition coefficient (Wildman–Crippen LogP) is 3.91. The lowest BCUT2D eigenvalue weighted by molar-refractivity contribution is -0.116. The Kier molecular flexibility index (Phi) is 7.37. The van der Waals surface area contributed by atoms with Gasteiger partial charge in [-0.05, 0) is 49.4 Å². The van der Waals surface area contributed by atoms with Crippen molar-refractivity contribution >= 4 is 39.1 Å². The maximum Gasteiger partial charge on any atom is 0.248 e. The topological polar surface area (TPSA) is 75.7 Å². The van der Waals surface area contributed by atoms with Gasteiger partial charge in [0.1, 0.15) is 11.8 Å². The van der Waals surface area contributed by atoms with Gasteiger partial charge in [0.25, 0.3) is 0 Å². The average molecular weight is 423 g/mol. The molecule has 0 radical (unpaired) electrons. The van der Waals surface area contributed by atoms with Crippen LogP contribution in [0.1, 0.15) is 19.4 Å². The Hall–Kier alpha value is -2.19. The summed E-state index contributed by atoms with van der Waals surface area (Å²) in [6.45, 7) is 5.45. The third-order valence-corrected chi connectivity index (χ3v) is 6.29. The van der Waals surface area contributed by atoms with Gasteiger partial charge in [0.15, 0.2) is 0 Å². The molecule has 0 saturated carbocycles. The van der Waals surface area contributed by atoms with E-state index in [1.54, 1.807) is 36.9 Å². The van der Waals surface area contributed by atoms with E-state index in [1.807, 2.05) is 38.1 Å². The van der Waals surface area contributed by atoms with Gasteiger partial charge in [-0.2, -0.15) is 0 Å². The number of aryl methyl sites for hydroxylation is 1. The number of sulfonamides is 1. The highest BCUT2D eigenvalue weighted by Crippen LogP contribution is 2.33. The first-order valence-corrected chi connectivity index (χ1v) is 11.7. The van der Waals surface area contributed by atoms with E-state index < -0.39 is 22.0 Å². The zero-order valence-corrected chi connectivity index (χ0v) is 18.4. The van der Waals surface area contributed by atoms with Crippen LogP contribution in [0.5, 0.6) is 5.75 Å². The molecular weight excluding hydrogens is 396 g/mol. The molecule has 0 spiro atoms. The molecule has 2 aromatic carbocycles. The van der Waals surface area contributed by atoms with Crippen molar-refractivity contribution in [2.24, 2.45) is 0 Å². The van der Waals surface area contributed by atoms with Crippen LogP contribution in [0.4, 0.5) is 11.4 Å². The lowest BCUT2D eigenvalue weighted by Gasteiger charge is -2.29. The number of hydrogen-bond donors (Lipinski definition) is 1. The van der Waals surface area contributed by atoms with Gasteiger partial charge in [-0.3, -0.25) is 9.10 Å². The fourth-order valence-corrected chi connectivity index (χ4v) is 4.77. The highest BCUT2D eigenvalue weighted by Gasteiger charge is 2.31. The molecule has 0 heterocycles. The number of methoxy groups -OCH3 is 1. The average Bonchev–Trinajstić information content (AvgIpc) is 2.62. The maximum atomic E-state index is 12.9. The normalized spacial score (nSPS) is 12.3. The quantitative estimate of drug-likeness (QED) is 0.653. The predicted molar refractivity (Wildman–Crippen MR) is 116 cm³/mol. The summed E-state index contributed by atoms with van der Waals surface area (Å²) >= 11 is 1.61. The van der Waals surface area contributed by atoms with Gasteiger partial charge in [-0.15, -0.1) is 11.8 Å². The van der Waals surface area contributed by atoms with E-state index in [9.17, 15) is 13.2 Å². The summed E-state index contributed by atoms with van der Waals surface area (Å²) < 4.78 is 31.6. The van der Waals surface area contributed by atoms with E-state index in [2.05, 4.69) is 5.32 Å². The Morgan fingerprint density at radius 1 is 1.25 bits per heavy atom. The Bertz CT molecular complexity index is 945. The number of carbonyl (C=O) groups excluding carboxylic acids is 1. The van der Waals surface area contributed by atoms with E-state index in [0.29, 0.717) is 17.1 Å². The summed E-state index contributed by atoms with van der Waals surface area (Å²) in [5.74, 6) is 0.828. The van der Waals surface area contributed by atoms with E-state index in [1.165, 1.54) is 7.11 Å². The van der Waals surface area contributed by atoms with Crippen molar-refractivity contribution in [3.63, 3.8) is 0 Å². The lowest BCUT2D eigenvalue weighted by atomic mass is 10.2. The Labute approximate surface area is 171 Å². The van der Waals surface area contributed by atoms with Gasteiger partial charge in [0, 0.05) is 4.90 Å². The Morgan fingerprint density at radius 2 is 1.93 bits per heavy atom. The minimum absolute atomic E-state index is 0.337. The molecule has 1 atom stereocenters. The number of hydrogen-bond acceptors (Lipinski definition) is 5. The minimum Gasteiger partial charge on any atom is -0.495 e. The van der Waals surface area contributed by atoms with Crippen LogP contribution in [0.3, 0.4) is 0 Å². The zero-order valence-electron chi connectivity index (χ0n) is 16.7. The number of amides is 1. The molecule has 152 valence electrons. The molecule has 0 fully saturated rings. The molecule has 1 N–H and O–H groups in total. The summed E-state index contributed by atoms with van der Waals surface area (Å²) in [6, 6.07) is 11.7. The lowest BCUT2D eigenvalue weighted by Crippen LogP contribution is -2.45. The largest absolute Gasteiger partial charge is 0.495 e. The molecule has 2 aromatic rings. The third-order valence-electron chi connectivity index (χ3n) is 4.11. The molecule has 28 heavy (non-hydrogen) atoms. The first-order chi connectivity index (χ1) is 13.2. The van der Waals surface area contributed by atoms with Crippen LogP contribution in [-0.4, -0.2) is 39.5 Å². The van der Waals surface area contributed by atoms with Gasteiger partial charge in [-0.25, -0.2) is 8.42 Å². The second kappa shape index (κ2) is 9.34. The van der Waals surface area contributed by atoms with Crippen LogP contribution in [0, 0.1) is 6.92 Å². The number of carbonyl (C=O) groups is 1.